The van der Waals surface area contributed by atoms with Gasteiger partial charge in [0.1, 0.15) is 12.4 Å². The molecular weight excluding hydrogens is 365 g/mol. The summed E-state index contributed by atoms with van der Waals surface area (Å²) in [5.41, 5.74) is 3.34. The lowest BCUT2D eigenvalue weighted by atomic mass is 10.0. The monoisotopic (exact) mass is 379 g/mol. The largest absolute Gasteiger partial charge is 0.489 e. The zero-order chi connectivity index (χ0) is 18.4. The van der Waals surface area contributed by atoms with Gasteiger partial charge in [0.15, 0.2) is 0 Å². The zero-order valence-electron chi connectivity index (χ0n) is 13.8. The van der Waals surface area contributed by atoms with Gasteiger partial charge in [-0.2, -0.15) is 5.26 Å². The molecule has 0 spiro atoms. The first kappa shape index (κ1) is 18.1. The highest BCUT2D eigenvalue weighted by molar-refractivity contribution is 6.30. The maximum absolute atomic E-state index is 9.41. The lowest BCUT2D eigenvalue weighted by Crippen LogP contribution is -1.95. The van der Waals surface area contributed by atoms with Crippen molar-refractivity contribution in [3.63, 3.8) is 0 Å². The van der Waals surface area contributed by atoms with Gasteiger partial charge in [0.05, 0.1) is 11.6 Å². The zero-order valence-corrected chi connectivity index (χ0v) is 15.3. The highest BCUT2D eigenvalue weighted by Gasteiger charge is 2.02. The molecule has 0 radical (unpaired) electrons. The predicted molar refractivity (Wildman–Crippen MR) is 107 cm³/mol. The minimum Gasteiger partial charge on any atom is -0.489 e. The van der Waals surface area contributed by atoms with Crippen LogP contribution in [0.4, 0.5) is 0 Å². The smallest absolute Gasteiger partial charge is 0.119 e. The van der Waals surface area contributed by atoms with Crippen LogP contribution in [0.15, 0.2) is 72.8 Å². The molecule has 0 saturated carbocycles. The van der Waals surface area contributed by atoms with Crippen molar-refractivity contribution in [2.24, 2.45) is 0 Å². The van der Waals surface area contributed by atoms with Crippen molar-refractivity contribution < 1.29 is 4.74 Å². The maximum atomic E-state index is 9.41. The standard InChI is InChI=1S/C22H15Cl2NO/c23-20-8-6-18(7-9-20)19(14-25)12-16-4-10-22(11-5-16)26-15-17-2-1-3-21(24)13-17/h1-13H,15H2/b19-12+. The van der Waals surface area contributed by atoms with Gasteiger partial charge in [-0.1, -0.05) is 59.6 Å². The summed E-state index contributed by atoms with van der Waals surface area (Å²) in [6, 6.07) is 24.6. The molecule has 128 valence electrons. The van der Waals surface area contributed by atoms with Crippen LogP contribution in [0.25, 0.3) is 11.6 Å². The number of rotatable bonds is 5. The van der Waals surface area contributed by atoms with Crippen molar-refractivity contribution in [1.29, 1.82) is 5.26 Å². The van der Waals surface area contributed by atoms with Crippen LogP contribution >= 0.6 is 23.2 Å². The molecule has 0 heterocycles. The average Bonchev–Trinajstić information content (AvgIpc) is 2.66. The summed E-state index contributed by atoms with van der Waals surface area (Å²) < 4.78 is 5.77. The van der Waals surface area contributed by atoms with Crippen molar-refractivity contribution in [2.75, 3.05) is 0 Å². The predicted octanol–water partition coefficient (Wildman–Crippen LogP) is 6.64. The number of allylic oxidation sites excluding steroid dienone is 1. The highest BCUT2D eigenvalue weighted by atomic mass is 35.5. The number of hydrogen-bond acceptors (Lipinski definition) is 2. The molecule has 26 heavy (non-hydrogen) atoms. The Bertz CT molecular complexity index is 955. The van der Waals surface area contributed by atoms with Crippen LogP contribution < -0.4 is 4.74 Å². The second-order valence-electron chi connectivity index (χ2n) is 5.66. The molecule has 0 amide bonds. The number of nitrogens with zero attached hydrogens (tertiary/aromatic N) is 1. The van der Waals surface area contributed by atoms with Gasteiger partial charge in [0.25, 0.3) is 0 Å². The Hall–Kier alpha value is -2.73. The topological polar surface area (TPSA) is 33.0 Å². The second-order valence-corrected chi connectivity index (χ2v) is 6.54. The molecule has 0 aromatic heterocycles. The molecule has 3 rings (SSSR count). The number of hydrogen-bond donors (Lipinski definition) is 0. The van der Waals surface area contributed by atoms with Gasteiger partial charge in [0.2, 0.25) is 0 Å². The summed E-state index contributed by atoms with van der Waals surface area (Å²) in [6.07, 6.45) is 1.84. The second kappa shape index (κ2) is 8.58. The molecule has 2 nitrogen and oxygen atoms in total. The Morgan fingerprint density at radius 3 is 2.31 bits per heavy atom. The minimum atomic E-state index is 0.448. The van der Waals surface area contributed by atoms with Crippen molar-refractivity contribution in [1.82, 2.24) is 0 Å². The van der Waals surface area contributed by atoms with Gasteiger partial charge in [-0.15, -0.1) is 0 Å². The van der Waals surface area contributed by atoms with Gasteiger partial charge < -0.3 is 4.74 Å². The number of ether oxygens (including phenoxy) is 1. The minimum absolute atomic E-state index is 0.448. The van der Waals surface area contributed by atoms with Crippen LogP contribution in [-0.2, 0) is 6.61 Å². The van der Waals surface area contributed by atoms with Crippen molar-refractivity contribution in [2.45, 2.75) is 6.61 Å². The van der Waals surface area contributed by atoms with E-state index in [2.05, 4.69) is 6.07 Å². The molecule has 0 fully saturated rings. The first-order chi connectivity index (χ1) is 12.6. The Labute approximate surface area is 162 Å². The van der Waals surface area contributed by atoms with Gasteiger partial charge in [0, 0.05) is 10.0 Å². The molecule has 0 bridgehead atoms. The molecule has 0 atom stereocenters. The fourth-order valence-corrected chi connectivity index (χ4v) is 2.77. The van der Waals surface area contributed by atoms with Crippen LogP contribution in [0.2, 0.25) is 10.0 Å². The van der Waals surface area contributed by atoms with Gasteiger partial charge in [-0.25, -0.2) is 0 Å². The first-order valence-corrected chi connectivity index (χ1v) is 8.75. The summed E-state index contributed by atoms with van der Waals surface area (Å²) in [6.45, 7) is 0.448. The molecule has 0 N–H and O–H groups in total. The Morgan fingerprint density at radius 2 is 1.65 bits per heavy atom. The molecule has 0 unspecified atom stereocenters. The number of halogens is 2. The van der Waals surface area contributed by atoms with Gasteiger partial charge in [-0.05, 0) is 59.2 Å². The summed E-state index contributed by atoms with van der Waals surface area (Å²) in [4.78, 5) is 0. The van der Waals surface area contributed by atoms with Crippen LogP contribution in [0.1, 0.15) is 16.7 Å². The molecule has 0 saturated heterocycles. The fourth-order valence-electron chi connectivity index (χ4n) is 2.43. The van der Waals surface area contributed by atoms with E-state index in [1.807, 2.05) is 66.7 Å². The summed E-state index contributed by atoms with van der Waals surface area (Å²) >= 11 is 11.9. The number of nitriles is 1. The molecule has 0 aliphatic carbocycles. The molecule has 3 aromatic carbocycles. The van der Waals surface area contributed by atoms with Crippen LogP contribution in [-0.4, -0.2) is 0 Å². The average molecular weight is 380 g/mol. The number of benzene rings is 3. The normalized spacial score (nSPS) is 11.0. The molecule has 0 aliphatic rings. The summed E-state index contributed by atoms with van der Waals surface area (Å²) in [7, 11) is 0. The molecule has 4 heteroatoms. The lowest BCUT2D eigenvalue weighted by Gasteiger charge is -2.07. The van der Waals surface area contributed by atoms with E-state index in [0.717, 1.165) is 22.4 Å². The van der Waals surface area contributed by atoms with Crippen LogP contribution in [0.3, 0.4) is 0 Å². The van der Waals surface area contributed by atoms with E-state index in [0.29, 0.717) is 22.2 Å². The van der Waals surface area contributed by atoms with Crippen LogP contribution in [0, 0.1) is 11.3 Å². The van der Waals surface area contributed by atoms with E-state index in [9.17, 15) is 5.26 Å². The van der Waals surface area contributed by atoms with Crippen molar-refractivity contribution >= 4 is 34.9 Å². The van der Waals surface area contributed by atoms with Gasteiger partial charge in [-0.3, -0.25) is 0 Å². The van der Waals surface area contributed by atoms with Crippen molar-refractivity contribution in [3.05, 3.63) is 99.5 Å². The van der Waals surface area contributed by atoms with E-state index in [4.69, 9.17) is 27.9 Å². The Kier molecular flexibility index (Phi) is 5.96. The van der Waals surface area contributed by atoms with E-state index < -0.39 is 0 Å². The maximum Gasteiger partial charge on any atom is 0.119 e. The fraction of sp³-hybridized carbons (Fsp3) is 0.0455. The quantitative estimate of drug-likeness (QED) is 0.367. The molecule has 0 aliphatic heterocycles. The SMILES string of the molecule is N#C/C(=C\c1ccc(OCc2cccc(Cl)c2)cc1)c1ccc(Cl)cc1. The lowest BCUT2D eigenvalue weighted by molar-refractivity contribution is 0.306. The third-order valence-corrected chi connectivity index (χ3v) is 4.25. The van der Waals surface area contributed by atoms with Gasteiger partial charge >= 0.3 is 0 Å². The highest BCUT2D eigenvalue weighted by Crippen LogP contribution is 2.22. The third kappa shape index (κ3) is 4.89. The molecular formula is C22H15Cl2NO. The van der Waals surface area contributed by atoms with Crippen LogP contribution in [0.5, 0.6) is 5.75 Å². The Morgan fingerprint density at radius 1 is 0.923 bits per heavy atom. The Balaban J connectivity index is 1.70. The van der Waals surface area contributed by atoms with E-state index in [1.165, 1.54) is 0 Å². The van der Waals surface area contributed by atoms with E-state index in [-0.39, 0.29) is 0 Å². The van der Waals surface area contributed by atoms with Crippen molar-refractivity contribution in [3.8, 4) is 11.8 Å². The summed E-state index contributed by atoms with van der Waals surface area (Å²) in [5, 5.41) is 10.7. The molecule has 3 aromatic rings. The van der Waals surface area contributed by atoms with E-state index >= 15 is 0 Å². The summed E-state index contributed by atoms with van der Waals surface area (Å²) in [5.74, 6) is 0.757. The first-order valence-electron chi connectivity index (χ1n) is 7.99. The van der Waals surface area contributed by atoms with E-state index in [1.54, 1.807) is 12.1 Å². The third-order valence-electron chi connectivity index (χ3n) is 3.76.